The lowest BCUT2D eigenvalue weighted by atomic mass is 10.2. The van der Waals surface area contributed by atoms with Crippen molar-refractivity contribution in [2.24, 2.45) is 5.73 Å². The molecule has 1 heterocycles. The molecule has 6 nitrogen and oxygen atoms in total. The summed E-state index contributed by atoms with van der Waals surface area (Å²) in [7, 11) is 0. The van der Waals surface area contributed by atoms with Crippen molar-refractivity contribution in [2.45, 2.75) is 13.0 Å². The first-order valence-corrected chi connectivity index (χ1v) is 6.34. The average molecular weight is 312 g/mol. The number of hydrogen-bond donors (Lipinski definition) is 3. The quantitative estimate of drug-likeness (QED) is 0.770. The number of para-hydroxylation sites is 1. The van der Waals surface area contributed by atoms with E-state index in [0.717, 1.165) is 11.0 Å². The molecule has 0 aliphatic rings. The Labute approximate surface area is 128 Å². The van der Waals surface area contributed by atoms with E-state index in [2.05, 4.69) is 10.6 Å². The number of halogens is 1. The summed E-state index contributed by atoms with van der Waals surface area (Å²) in [6, 6.07) is 9.24. The molecule has 0 saturated heterocycles. The number of nitrogens with one attached hydrogen (secondary N) is 2. The van der Waals surface area contributed by atoms with Gasteiger partial charge in [0.2, 0.25) is 11.8 Å². The highest BCUT2D eigenvalue weighted by molar-refractivity contribution is 5.86. The van der Waals surface area contributed by atoms with Gasteiger partial charge in [0.25, 0.3) is 0 Å². The molecule has 21 heavy (non-hydrogen) atoms. The van der Waals surface area contributed by atoms with Crippen LogP contribution in [-0.2, 0) is 9.59 Å². The zero-order valence-corrected chi connectivity index (χ0v) is 12.4. The van der Waals surface area contributed by atoms with Crippen LogP contribution in [0.5, 0.6) is 0 Å². The molecule has 1 aromatic carbocycles. The molecule has 0 saturated carbocycles. The molecule has 1 atom stereocenters. The second-order valence-electron chi connectivity index (χ2n) is 4.46. The van der Waals surface area contributed by atoms with Gasteiger partial charge in [0.1, 0.15) is 11.3 Å². The maximum absolute atomic E-state index is 11.7. The molecule has 0 bridgehead atoms. The third kappa shape index (κ3) is 4.47. The molecule has 114 valence electrons. The number of hydrogen-bond acceptors (Lipinski definition) is 4. The van der Waals surface area contributed by atoms with Crippen LogP contribution in [0.15, 0.2) is 34.7 Å². The van der Waals surface area contributed by atoms with Crippen molar-refractivity contribution >= 4 is 35.2 Å². The summed E-state index contributed by atoms with van der Waals surface area (Å²) in [4.78, 5) is 22.6. The van der Waals surface area contributed by atoms with Crippen LogP contribution in [0.25, 0.3) is 11.0 Å². The molecule has 0 aliphatic heterocycles. The summed E-state index contributed by atoms with van der Waals surface area (Å²) in [5.41, 5.74) is 5.91. The molecule has 0 spiro atoms. The highest BCUT2D eigenvalue weighted by Gasteiger charge is 2.14. The molecule has 2 amide bonds. The number of carbonyl (C=O) groups excluding carboxylic acids is 2. The fraction of sp³-hybridized carbons (Fsp3) is 0.286. The predicted octanol–water partition coefficient (Wildman–Crippen LogP) is 1.11. The number of furan rings is 1. The number of fused-ring (bicyclic) bond motifs is 1. The zero-order valence-electron chi connectivity index (χ0n) is 11.6. The third-order valence-corrected chi connectivity index (χ3v) is 2.88. The van der Waals surface area contributed by atoms with Crippen LogP contribution in [-0.4, -0.2) is 24.9 Å². The van der Waals surface area contributed by atoms with Crippen LogP contribution < -0.4 is 16.4 Å². The van der Waals surface area contributed by atoms with Crippen molar-refractivity contribution in [3.8, 4) is 0 Å². The summed E-state index contributed by atoms with van der Waals surface area (Å²) in [5, 5.41) is 6.14. The summed E-state index contributed by atoms with van der Waals surface area (Å²) < 4.78 is 5.66. The number of nitrogens with two attached hydrogens (primary N) is 1. The zero-order chi connectivity index (χ0) is 14.5. The van der Waals surface area contributed by atoms with Crippen molar-refractivity contribution in [1.29, 1.82) is 0 Å². The van der Waals surface area contributed by atoms with Crippen LogP contribution in [0.2, 0.25) is 0 Å². The molecular formula is C14H18ClN3O3. The molecule has 1 unspecified atom stereocenters. The smallest absolute Gasteiger partial charge is 0.239 e. The largest absolute Gasteiger partial charge is 0.459 e. The monoisotopic (exact) mass is 311 g/mol. The summed E-state index contributed by atoms with van der Waals surface area (Å²) in [6.45, 7) is 1.59. The van der Waals surface area contributed by atoms with Gasteiger partial charge in [0, 0.05) is 5.39 Å². The van der Waals surface area contributed by atoms with Gasteiger partial charge in [-0.15, -0.1) is 12.4 Å². The van der Waals surface area contributed by atoms with Gasteiger partial charge in [-0.05, 0) is 19.1 Å². The molecule has 0 fully saturated rings. The Kier molecular flexibility index (Phi) is 6.20. The molecule has 1 aromatic heterocycles. The van der Waals surface area contributed by atoms with Gasteiger partial charge >= 0.3 is 0 Å². The Balaban J connectivity index is 0.00000220. The maximum atomic E-state index is 11.7. The van der Waals surface area contributed by atoms with E-state index in [1.54, 1.807) is 0 Å². The van der Waals surface area contributed by atoms with Crippen LogP contribution in [0.1, 0.15) is 18.7 Å². The molecular weight excluding hydrogens is 294 g/mol. The highest BCUT2D eigenvalue weighted by atomic mass is 35.5. The van der Waals surface area contributed by atoms with Crippen LogP contribution in [0.4, 0.5) is 0 Å². The Hall–Kier alpha value is -2.05. The minimum Gasteiger partial charge on any atom is -0.459 e. The van der Waals surface area contributed by atoms with Gasteiger partial charge < -0.3 is 20.8 Å². The van der Waals surface area contributed by atoms with Gasteiger partial charge in [-0.25, -0.2) is 0 Å². The minimum atomic E-state index is -0.364. The third-order valence-electron chi connectivity index (χ3n) is 2.88. The second-order valence-corrected chi connectivity index (χ2v) is 4.46. The van der Waals surface area contributed by atoms with Gasteiger partial charge in [-0.2, -0.15) is 0 Å². The first-order chi connectivity index (χ1) is 9.60. The number of amides is 2. The SMILES string of the molecule is CC(NC(=O)CNC(=O)CN)c1cc2ccccc2o1.Cl. The van der Waals surface area contributed by atoms with E-state index in [0.29, 0.717) is 5.76 Å². The maximum Gasteiger partial charge on any atom is 0.239 e. The van der Waals surface area contributed by atoms with Crippen molar-refractivity contribution in [2.75, 3.05) is 13.1 Å². The standard InChI is InChI=1S/C14H17N3O3.ClH/c1-9(17-14(19)8-16-13(18)7-15)12-6-10-4-2-3-5-11(10)20-12;/h2-6,9H,7-8,15H2,1H3,(H,16,18)(H,17,19);1H. The first kappa shape index (κ1) is 17.0. The molecule has 0 radical (unpaired) electrons. The number of carbonyl (C=O) groups is 2. The fourth-order valence-corrected chi connectivity index (χ4v) is 1.83. The molecule has 0 aliphatic carbocycles. The van der Waals surface area contributed by atoms with Crippen molar-refractivity contribution in [3.05, 3.63) is 36.1 Å². The first-order valence-electron chi connectivity index (χ1n) is 6.34. The van der Waals surface area contributed by atoms with E-state index in [1.165, 1.54) is 0 Å². The summed E-state index contributed by atoms with van der Waals surface area (Å²) in [6.07, 6.45) is 0. The van der Waals surface area contributed by atoms with Crippen LogP contribution >= 0.6 is 12.4 Å². The van der Waals surface area contributed by atoms with Crippen LogP contribution in [0, 0.1) is 0 Å². The Morgan fingerprint density at radius 3 is 2.67 bits per heavy atom. The minimum absolute atomic E-state index is 0. The van der Waals surface area contributed by atoms with E-state index >= 15 is 0 Å². The highest BCUT2D eigenvalue weighted by Crippen LogP contribution is 2.23. The van der Waals surface area contributed by atoms with Gasteiger partial charge in [-0.1, -0.05) is 18.2 Å². The molecule has 4 N–H and O–H groups in total. The van der Waals surface area contributed by atoms with E-state index in [4.69, 9.17) is 10.2 Å². The Morgan fingerprint density at radius 2 is 2.00 bits per heavy atom. The van der Waals surface area contributed by atoms with Crippen LogP contribution in [0.3, 0.4) is 0 Å². The summed E-state index contributed by atoms with van der Waals surface area (Å²) >= 11 is 0. The second kappa shape index (κ2) is 7.66. The van der Waals surface area contributed by atoms with Gasteiger partial charge in [-0.3, -0.25) is 9.59 Å². The molecule has 2 aromatic rings. The lowest BCUT2D eigenvalue weighted by Crippen LogP contribution is -2.40. The van der Waals surface area contributed by atoms with Crippen molar-refractivity contribution in [1.82, 2.24) is 10.6 Å². The van der Waals surface area contributed by atoms with Crippen molar-refractivity contribution < 1.29 is 14.0 Å². The summed E-state index contributed by atoms with van der Waals surface area (Å²) in [5.74, 6) is 0.0148. The molecule has 7 heteroatoms. The number of rotatable bonds is 5. The van der Waals surface area contributed by atoms with E-state index < -0.39 is 0 Å². The lowest BCUT2D eigenvalue weighted by Gasteiger charge is -2.11. The van der Waals surface area contributed by atoms with E-state index in [-0.39, 0.29) is 43.4 Å². The molecule has 2 rings (SSSR count). The van der Waals surface area contributed by atoms with Crippen molar-refractivity contribution in [3.63, 3.8) is 0 Å². The van der Waals surface area contributed by atoms with Gasteiger partial charge in [0.15, 0.2) is 0 Å². The Bertz CT molecular complexity index is 594. The van der Waals surface area contributed by atoms with E-state index in [9.17, 15) is 9.59 Å². The fourth-order valence-electron chi connectivity index (χ4n) is 1.83. The topological polar surface area (TPSA) is 97.4 Å². The van der Waals surface area contributed by atoms with Gasteiger partial charge in [0.05, 0.1) is 19.1 Å². The van der Waals surface area contributed by atoms with E-state index in [1.807, 2.05) is 37.3 Å². The lowest BCUT2D eigenvalue weighted by molar-refractivity contribution is -0.125. The number of benzene rings is 1. The predicted molar refractivity (Wildman–Crippen MR) is 82.1 cm³/mol. The average Bonchev–Trinajstić information content (AvgIpc) is 2.88. The Morgan fingerprint density at radius 1 is 1.29 bits per heavy atom. The normalized spacial score (nSPS) is 11.5.